The fourth-order valence-electron chi connectivity index (χ4n) is 1.72. The van der Waals surface area contributed by atoms with Crippen LogP contribution in [0.25, 0.3) is 0 Å². The third-order valence-corrected chi connectivity index (χ3v) is 2.77. The molecule has 0 fully saturated rings. The standard InChI is InChI=1S/C13H7F6N/c14-7-2-1-5(11(18)12(7)19)13(20)6-3-9(16)10(17)4-8(6)15/h1-4,13H,20H2. The van der Waals surface area contributed by atoms with Gasteiger partial charge in [-0.1, -0.05) is 6.07 Å². The van der Waals surface area contributed by atoms with Gasteiger partial charge in [-0.25, -0.2) is 26.3 Å². The Morgan fingerprint density at radius 3 is 1.90 bits per heavy atom. The molecule has 106 valence electrons. The molecule has 2 N–H and O–H groups in total. The van der Waals surface area contributed by atoms with Gasteiger partial charge in [-0.2, -0.15) is 0 Å². The Labute approximate surface area is 109 Å². The molecule has 1 unspecified atom stereocenters. The molecule has 0 radical (unpaired) electrons. The number of rotatable bonds is 2. The zero-order chi connectivity index (χ0) is 15.0. The molecule has 1 atom stereocenters. The Kier molecular flexibility index (Phi) is 3.71. The lowest BCUT2D eigenvalue weighted by molar-refractivity contribution is 0.437. The van der Waals surface area contributed by atoms with E-state index in [1.54, 1.807) is 0 Å². The summed E-state index contributed by atoms with van der Waals surface area (Å²) in [7, 11) is 0. The molecule has 0 saturated heterocycles. The van der Waals surface area contributed by atoms with Crippen LogP contribution in [0.2, 0.25) is 0 Å². The summed E-state index contributed by atoms with van der Waals surface area (Å²) in [4.78, 5) is 0. The van der Waals surface area contributed by atoms with Crippen LogP contribution in [-0.2, 0) is 0 Å². The van der Waals surface area contributed by atoms with Crippen molar-refractivity contribution in [3.63, 3.8) is 0 Å². The van der Waals surface area contributed by atoms with Crippen molar-refractivity contribution in [1.29, 1.82) is 0 Å². The lowest BCUT2D eigenvalue weighted by atomic mass is 9.98. The van der Waals surface area contributed by atoms with Gasteiger partial charge in [0, 0.05) is 17.2 Å². The third-order valence-electron chi connectivity index (χ3n) is 2.77. The lowest BCUT2D eigenvalue weighted by Gasteiger charge is -2.15. The van der Waals surface area contributed by atoms with E-state index in [0.717, 1.165) is 6.07 Å². The van der Waals surface area contributed by atoms with Gasteiger partial charge < -0.3 is 5.73 Å². The lowest BCUT2D eigenvalue weighted by Crippen LogP contribution is -2.17. The Balaban J connectivity index is 2.55. The molecule has 2 aromatic rings. The maximum atomic E-state index is 13.5. The van der Waals surface area contributed by atoms with Crippen LogP contribution in [0.3, 0.4) is 0 Å². The number of benzene rings is 2. The summed E-state index contributed by atoms with van der Waals surface area (Å²) < 4.78 is 78.7. The van der Waals surface area contributed by atoms with Crippen molar-refractivity contribution in [3.8, 4) is 0 Å². The van der Waals surface area contributed by atoms with Gasteiger partial charge in [-0.05, 0) is 12.1 Å². The SMILES string of the molecule is NC(c1cc(F)c(F)cc1F)c1ccc(F)c(F)c1F. The molecule has 0 aliphatic carbocycles. The molecular weight excluding hydrogens is 284 g/mol. The van der Waals surface area contributed by atoms with E-state index in [0.29, 0.717) is 12.1 Å². The number of hydrogen-bond donors (Lipinski definition) is 1. The highest BCUT2D eigenvalue weighted by Gasteiger charge is 2.23. The van der Waals surface area contributed by atoms with Crippen molar-refractivity contribution in [3.05, 3.63) is 70.3 Å². The first-order valence-corrected chi connectivity index (χ1v) is 5.36. The first kappa shape index (κ1) is 14.4. The molecule has 7 heteroatoms. The molecule has 0 aromatic heterocycles. The average molecular weight is 291 g/mol. The van der Waals surface area contributed by atoms with Crippen molar-refractivity contribution in [2.24, 2.45) is 5.73 Å². The van der Waals surface area contributed by atoms with Gasteiger partial charge in [-0.3, -0.25) is 0 Å². The Morgan fingerprint density at radius 2 is 1.25 bits per heavy atom. The van der Waals surface area contributed by atoms with Crippen LogP contribution < -0.4 is 5.73 Å². The molecule has 0 saturated carbocycles. The minimum absolute atomic E-state index is 0.238. The molecule has 20 heavy (non-hydrogen) atoms. The predicted octanol–water partition coefficient (Wildman–Crippen LogP) is 3.57. The van der Waals surface area contributed by atoms with Crippen LogP contribution in [0.5, 0.6) is 0 Å². The van der Waals surface area contributed by atoms with Crippen molar-refractivity contribution < 1.29 is 26.3 Å². The van der Waals surface area contributed by atoms with E-state index in [9.17, 15) is 26.3 Å². The summed E-state index contributed by atoms with van der Waals surface area (Å²) in [6.07, 6.45) is 0. The highest BCUT2D eigenvalue weighted by Crippen LogP contribution is 2.27. The third kappa shape index (κ3) is 2.36. The Hall–Kier alpha value is -2.02. The second-order valence-electron chi connectivity index (χ2n) is 4.03. The predicted molar refractivity (Wildman–Crippen MR) is 58.7 cm³/mol. The molecule has 0 spiro atoms. The van der Waals surface area contributed by atoms with Crippen LogP contribution in [0.4, 0.5) is 26.3 Å². The summed E-state index contributed by atoms with van der Waals surface area (Å²) in [6, 6.07) is 0.475. The summed E-state index contributed by atoms with van der Waals surface area (Å²) in [5.41, 5.74) is 4.35. The summed E-state index contributed by atoms with van der Waals surface area (Å²) in [5, 5.41) is 0. The van der Waals surface area contributed by atoms with Gasteiger partial charge in [0.05, 0.1) is 6.04 Å². The van der Waals surface area contributed by atoms with Gasteiger partial charge in [0.1, 0.15) is 5.82 Å². The zero-order valence-electron chi connectivity index (χ0n) is 9.73. The molecule has 0 heterocycles. The van der Waals surface area contributed by atoms with Crippen LogP contribution >= 0.6 is 0 Å². The van der Waals surface area contributed by atoms with E-state index in [1.165, 1.54) is 0 Å². The van der Waals surface area contributed by atoms with Crippen molar-refractivity contribution in [1.82, 2.24) is 0 Å². The van der Waals surface area contributed by atoms with E-state index >= 15 is 0 Å². The zero-order valence-corrected chi connectivity index (χ0v) is 9.73. The Morgan fingerprint density at radius 1 is 0.650 bits per heavy atom. The first-order valence-electron chi connectivity index (χ1n) is 5.36. The maximum absolute atomic E-state index is 13.5. The quantitative estimate of drug-likeness (QED) is 0.511. The minimum Gasteiger partial charge on any atom is -0.320 e. The molecule has 0 aliphatic rings. The largest absolute Gasteiger partial charge is 0.320 e. The Bertz CT molecular complexity index is 668. The van der Waals surface area contributed by atoms with Crippen molar-refractivity contribution in [2.45, 2.75) is 6.04 Å². The fraction of sp³-hybridized carbons (Fsp3) is 0.0769. The van der Waals surface area contributed by atoms with Gasteiger partial charge in [0.2, 0.25) is 0 Å². The molecule has 0 bridgehead atoms. The van der Waals surface area contributed by atoms with E-state index < -0.39 is 52.1 Å². The molecular formula is C13H7F6N. The van der Waals surface area contributed by atoms with E-state index in [-0.39, 0.29) is 6.07 Å². The monoisotopic (exact) mass is 291 g/mol. The number of hydrogen-bond acceptors (Lipinski definition) is 1. The molecule has 0 aliphatic heterocycles. The van der Waals surface area contributed by atoms with Crippen LogP contribution in [-0.4, -0.2) is 0 Å². The van der Waals surface area contributed by atoms with E-state index in [1.807, 2.05) is 0 Å². The van der Waals surface area contributed by atoms with Crippen LogP contribution in [0.1, 0.15) is 17.2 Å². The number of halogens is 6. The van der Waals surface area contributed by atoms with E-state index in [4.69, 9.17) is 5.73 Å². The maximum Gasteiger partial charge on any atom is 0.194 e. The fourth-order valence-corrected chi connectivity index (χ4v) is 1.72. The second-order valence-corrected chi connectivity index (χ2v) is 4.03. The van der Waals surface area contributed by atoms with Crippen LogP contribution in [0, 0.1) is 34.9 Å². The van der Waals surface area contributed by atoms with Gasteiger partial charge in [-0.15, -0.1) is 0 Å². The normalized spacial score (nSPS) is 12.6. The highest BCUT2D eigenvalue weighted by molar-refractivity contribution is 5.34. The minimum atomic E-state index is -1.78. The van der Waals surface area contributed by atoms with Crippen LogP contribution in [0.15, 0.2) is 24.3 Å². The topological polar surface area (TPSA) is 26.0 Å². The molecule has 2 aromatic carbocycles. The smallest absolute Gasteiger partial charge is 0.194 e. The van der Waals surface area contributed by atoms with Gasteiger partial charge in [0.25, 0.3) is 0 Å². The summed E-state index contributed by atoms with van der Waals surface area (Å²) in [6.45, 7) is 0. The molecule has 1 nitrogen and oxygen atoms in total. The highest BCUT2D eigenvalue weighted by atomic mass is 19.2. The molecule has 2 rings (SSSR count). The van der Waals surface area contributed by atoms with Crippen molar-refractivity contribution >= 4 is 0 Å². The van der Waals surface area contributed by atoms with E-state index in [2.05, 4.69) is 0 Å². The van der Waals surface area contributed by atoms with Crippen molar-refractivity contribution in [2.75, 3.05) is 0 Å². The second kappa shape index (κ2) is 5.16. The number of nitrogens with two attached hydrogens (primary N) is 1. The first-order chi connectivity index (χ1) is 9.32. The molecule has 0 amide bonds. The summed E-state index contributed by atoms with van der Waals surface area (Å²) >= 11 is 0. The van der Waals surface area contributed by atoms with Gasteiger partial charge in [0.15, 0.2) is 29.1 Å². The summed E-state index contributed by atoms with van der Waals surface area (Å²) in [5.74, 6) is -8.88. The average Bonchev–Trinajstić information content (AvgIpc) is 2.40. The van der Waals surface area contributed by atoms with Gasteiger partial charge >= 0.3 is 0 Å².